The number of aromatic nitrogens is 1. The fraction of sp³-hybridized carbons (Fsp3) is 0.625. The Balaban J connectivity index is 1.85. The monoisotopic (exact) mass is 273 g/mol. The van der Waals surface area contributed by atoms with Crippen LogP contribution >= 0.6 is 0 Å². The SMILES string of the molecule is O=C(O)c1c(O)cncc1C12CC3CC(CC(C3)C1)C2. The minimum atomic E-state index is -1.03. The van der Waals surface area contributed by atoms with E-state index in [-0.39, 0.29) is 16.7 Å². The van der Waals surface area contributed by atoms with Crippen LogP contribution in [0.2, 0.25) is 0 Å². The molecular formula is C16H19NO3. The molecular weight excluding hydrogens is 254 g/mol. The van der Waals surface area contributed by atoms with Gasteiger partial charge in [-0.1, -0.05) is 0 Å². The molecule has 4 nitrogen and oxygen atoms in total. The first-order chi connectivity index (χ1) is 9.57. The lowest BCUT2D eigenvalue weighted by atomic mass is 9.48. The lowest BCUT2D eigenvalue weighted by molar-refractivity contribution is -0.00609. The Labute approximate surface area is 117 Å². The summed E-state index contributed by atoms with van der Waals surface area (Å²) in [5.74, 6) is 1.00. The van der Waals surface area contributed by atoms with Gasteiger partial charge in [0.1, 0.15) is 11.3 Å². The van der Waals surface area contributed by atoms with Crippen LogP contribution in [0.25, 0.3) is 0 Å². The quantitative estimate of drug-likeness (QED) is 0.869. The van der Waals surface area contributed by atoms with Gasteiger partial charge in [0.05, 0.1) is 6.20 Å². The molecule has 1 aromatic rings. The summed E-state index contributed by atoms with van der Waals surface area (Å²) < 4.78 is 0. The highest BCUT2D eigenvalue weighted by atomic mass is 16.4. The molecule has 0 aliphatic heterocycles. The molecule has 0 unspecified atom stereocenters. The number of aromatic hydroxyl groups is 1. The van der Waals surface area contributed by atoms with Crippen LogP contribution in [0.5, 0.6) is 5.75 Å². The number of pyridine rings is 1. The Bertz CT molecular complexity index is 546. The van der Waals surface area contributed by atoms with Crippen molar-refractivity contribution in [1.29, 1.82) is 0 Å². The Hall–Kier alpha value is -1.58. The summed E-state index contributed by atoms with van der Waals surface area (Å²) >= 11 is 0. The van der Waals surface area contributed by atoms with Gasteiger partial charge in [-0.3, -0.25) is 4.98 Å². The lowest BCUT2D eigenvalue weighted by Gasteiger charge is -2.57. The summed E-state index contributed by atoms with van der Waals surface area (Å²) in [6.45, 7) is 0. The van der Waals surface area contributed by atoms with Gasteiger partial charge < -0.3 is 10.2 Å². The molecule has 106 valence electrons. The van der Waals surface area contributed by atoms with Gasteiger partial charge in [-0.15, -0.1) is 0 Å². The number of carbonyl (C=O) groups is 1. The summed E-state index contributed by atoms with van der Waals surface area (Å²) in [4.78, 5) is 15.6. The van der Waals surface area contributed by atoms with Gasteiger partial charge in [0.2, 0.25) is 0 Å². The zero-order valence-corrected chi connectivity index (χ0v) is 11.4. The van der Waals surface area contributed by atoms with Crippen LogP contribution in [0.3, 0.4) is 0 Å². The first-order valence-corrected chi connectivity index (χ1v) is 7.48. The smallest absolute Gasteiger partial charge is 0.339 e. The molecule has 0 atom stereocenters. The third-order valence-corrected chi connectivity index (χ3v) is 5.75. The maximum absolute atomic E-state index is 11.5. The Kier molecular flexibility index (Phi) is 2.41. The molecule has 0 spiro atoms. The van der Waals surface area contributed by atoms with Crippen molar-refractivity contribution in [2.75, 3.05) is 0 Å². The summed E-state index contributed by atoms with van der Waals surface area (Å²) in [6.07, 6.45) is 10.1. The van der Waals surface area contributed by atoms with Crippen molar-refractivity contribution < 1.29 is 15.0 Å². The van der Waals surface area contributed by atoms with E-state index in [4.69, 9.17) is 0 Å². The Morgan fingerprint density at radius 3 is 2.15 bits per heavy atom. The van der Waals surface area contributed by atoms with E-state index in [9.17, 15) is 15.0 Å². The molecule has 5 rings (SSSR count). The van der Waals surface area contributed by atoms with Crippen molar-refractivity contribution >= 4 is 5.97 Å². The van der Waals surface area contributed by atoms with Crippen LogP contribution in [-0.4, -0.2) is 21.2 Å². The second-order valence-corrected chi connectivity index (χ2v) is 7.08. The van der Waals surface area contributed by atoms with E-state index in [2.05, 4.69) is 4.98 Å². The molecule has 1 heterocycles. The van der Waals surface area contributed by atoms with Gasteiger partial charge >= 0.3 is 5.97 Å². The Morgan fingerprint density at radius 2 is 1.65 bits per heavy atom. The van der Waals surface area contributed by atoms with Crippen molar-refractivity contribution in [3.63, 3.8) is 0 Å². The molecule has 0 aromatic carbocycles. The summed E-state index contributed by atoms with van der Waals surface area (Å²) in [5, 5.41) is 19.4. The number of hydrogen-bond acceptors (Lipinski definition) is 3. The number of carboxylic acid groups (broad SMARTS) is 1. The molecule has 0 radical (unpaired) electrons. The molecule has 4 heteroatoms. The molecule has 4 aliphatic carbocycles. The predicted molar refractivity (Wildman–Crippen MR) is 72.7 cm³/mol. The number of nitrogens with zero attached hydrogens (tertiary/aromatic N) is 1. The average Bonchev–Trinajstić information content (AvgIpc) is 2.36. The topological polar surface area (TPSA) is 70.4 Å². The maximum atomic E-state index is 11.5. The van der Waals surface area contributed by atoms with Gasteiger partial charge in [-0.25, -0.2) is 4.79 Å². The first-order valence-electron chi connectivity index (χ1n) is 7.48. The van der Waals surface area contributed by atoms with E-state index in [1.165, 1.54) is 25.5 Å². The maximum Gasteiger partial charge on any atom is 0.339 e. The standard InChI is InChI=1S/C16H19NO3/c18-13-8-17-7-12(14(13)15(19)20)16-4-9-1-10(5-16)3-11(2-9)6-16/h7-11,18H,1-6H2,(H,19,20). The third kappa shape index (κ3) is 1.60. The van der Waals surface area contributed by atoms with E-state index < -0.39 is 5.97 Å². The Morgan fingerprint density at radius 1 is 1.10 bits per heavy atom. The van der Waals surface area contributed by atoms with Crippen LogP contribution in [0.1, 0.15) is 54.4 Å². The average molecular weight is 273 g/mol. The van der Waals surface area contributed by atoms with Crippen molar-refractivity contribution in [1.82, 2.24) is 4.98 Å². The highest BCUT2D eigenvalue weighted by Gasteiger charge is 2.53. The number of rotatable bonds is 2. The van der Waals surface area contributed by atoms with Crippen LogP contribution < -0.4 is 0 Å². The van der Waals surface area contributed by atoms with Crippen LogP contribution in [0.15, 0.2) is 12.4 Å². The fourth-order valence-electron chi connectivity index (χ4n) is 5.52. The second-order valence-electron chi connectivity index (χ2n) is 7.08. The van der Waals surface area contributed by atoms with E-state index in [1.54, 1.807) is 6.20 Å². The van der Waals surface area contributed by atoms with Gasteiger partial charge in [0.25, 0.3) is 0 Å². The normalized spacial score (nSPS) is 38.1. The van der Waals surface area contributed by atoms with E-state index >= 15 is 0 Å². The third-order valence-electron chi connectivity index (χ3n) is 5.75. The van der Waals surface area contributed by atoms with Crippen LogP contribution in [0.4, 0.5) is 0 Å². The highest BCUT2D eigenvalue weighted by molar-refractivity contribution is 5.92. The van der Waals surface area contributed by atoms with Gasteiger partial charge in [-0.05, 0) is 67.3 Å². The van der Waals surface area contributed by atoms with Crippen LogP contribution in [0, 0.1) is 17.8 Å². The van der Waals surface area contributed by atoms with Gasteiger partial charge in [-0.2, -0.15) is 0 Å². The summed E-state index contributed by atoms with van der Waals surface area (Å²) in [6, 6.07) is 0. The molecule has 4 aliphatic rings. The summed E-state index contributed by atoms with van der Waals surface area (Å²) in [5.41, 5.74) is 0.819. The van der Waals surface area contributed by atoms with Crippen molar-refractivity contribution in [3.8, 4) is 5.75 Å². The molecule has 1 aromatic heterocycles. The number of hydrogen-bond donors (Lipinski definition) is 2. The largest absolute Gasteiger partial charge is 0.505 e. The molecule has 2 N–H and O–H groups in total. The van der Waals surface area contributed by atoms with Crippen molar-refractivity contribution in [2.24, 2.45) is 17.8 Å². The number of aromatic carboxylic acids is 1. The zero-order chi connectivity index (χ0) is 13.9. The molecule has 4 fully saturated rings. The fourth-order valence-corrected chi connectivity index (χ4v) is 5.52. The minimum Gasteiger partial charge on any atom is -0.505 e. The highest BCUT2D eigenvalue weighted by Crippen LogP contribution is 2.61. The molecule has 20 heavy (non-hydrogen) atoms. The van der Waals surface area contributed by atoms with E-state index in [0.29, 0.717) is 0 Å². The van der Waals surface area contributed by atoms with Crippen molar-refractivity contribution in [2.45, 2.75) is 43.9 Å². The molecule has 4 bridgehead atoms. The molecule has 4 saturated carbocycles. The molecule has 0 amide bonds. The van der Waals surface area contributed by atoms with Gasteiger partial charge in [0.15, 0.2) is 0 Å². The van der Waals surface area contributed by atoms with E-state index in [0.717, 1.165) is 42.6 Å². The first kappa shape index (κ1) is 12.2. The number of carboxylic acids is 1. The predicted octanol–water partition coefficient (Wildman–Crippen LogP) is 2.95. The summed E-state index contributed by atoms with van der Waals surface area (Å²) in [7, 11) is 0. The minimum absolute atomic E-state index is 0.0474. The van der Waals surface area contributed by atoms with Crippen molar-refractivity contribution in [3.05, 3.63) is 23.5 Å². The molecule has 0 saturated heterocycles. The zero-order valence-electron chi connectivity index (χ0n) is 11.4. The van der Waals surface area contributed by atoms with Gasteiger partial charge in [0, 0.05) is 6.20 Å². The van der Waals surface area contributed by atoms with Crippen LogP contribution in [-0.2, 0) is 5.41 Å². The van der Waals surface area contributed by atoms with E-state index in [1.807, 2.05) is 0 Å². The second kappa shape index (κ2) is 3.96. The lowest BCUT2D eigenvalue weighted by Crippen LogP contribution is -2.49.